The van der Waals surface area contributed by atoms with Crippen LogP contribution in [-0.2, 0) is 0 Å². The molecular weight excluding hydrogens is 277 g/mol. The Morgan fingerprint density at radius 3 is 2.82 bits per heavy atom. The Morgan fingerprint density at radius 2 is 2.36 bits per heavy atom. The molecule has 0 bridgehead atoms. The molecule has 0 aliphatic heterocycles. The van der Waals surface area contributed by atoms with E-state index in [1.807, 2.05) is 0 Å². The van der Waals surface area contributed by atoms with Gasteiger partial charge in [-0.2, -0.15) is 0 Å². The van der Waals surface area contributed by atoms with Gasteiger partial charge in [0.1, 0.15) is 0 Å². The summed E-state index contributed by atoms with van der Waals surface area (Å²) in [7, 11) is 0. The van der Waals surface area contributed by atoms with Gasteiger partial charge in [-0.3, -0.25) is 10.7 Å². The predicted octanol–water partition coefficient (Wildman–Crippen LogP) is 1.02. The highest BCUT2D eigenvalue weighted by Crippen LogP contribution is 1.89. The third kappa shape index (κ3) is 6.42. The van der Waals surface area contributed by atoms with Crippen LogP contribution in [0.15, 0.2) is 0 Å². The fraction of sp³-hybridized carbons (Fsp3) is 0.600. The summed E-state index contributed by atoms with van der Waals surface area (Å²) >= 11 is 3.36. The molecule has 0 unspecified atom stereocenters. The summed E-state index contributed by atoms with van der Waals surface area (Å²) in [6.07, 6.45) is 1.74. The van der Waals surface area contributed by atoms with Crippen LogP contribution in [0, 0.1) is 5.41 Å². The van der Waals surface area contributed by atoms with E-state index in [1.165, 1.54) is 11.8 Å². The first-order chi connectivity index (χ1) is 5.20. The quantitative estimate of drug-likeness (QED) is 0.307. The molecule has 3 N–H and O–H groups in total. The van der Waals surface area contributed by atoms with Gasteiger partial charge in [-0.1, -0.05) is 34.4 Å². The first kappa shape index (κ1) is 11.0. The predicted molar refractivity (Wildman–Crippen MR) is 56.7 cm³/mol. The number of amides is 2. The fourth-order valence-electron chi connectivity index (χ4n) is 0.359. The normalized spacial score (nSPS) is 8.91. The Labute approximate surface area is 83.5 Å². The van der Waals surface area contributed by atoms with Crippen molar-refractivity contribution in [1.82, 2.24) is 10.6 Å². The molecule has 0 rings (SSSR count). The minimum atomic E-state index is -0.305. The number of thioether (sulfide) groups is 1. The molecule has 0 saturated carbocycles. The second-order valence-corrected chi connectivity index (χ2v) is 3.50. The largest absolute Gasteiger partial charge is 0.337 e. The lowest BCUT2D eigenvalue weighted by Gasteiger charge is -2.04. The number of rotatable bonds is 2. The SMILES string of the molecule is CSC(=N)NC(=O)NCCI. The molecule has 4 nitrogen and oxygen atoms in total. The van der Waals surface area contributed by atoms with E-state index in [0.29, 0.717) is 6.54 Å². The van der Waals surface area contributed by atoms with E-state index in [1.54, 1.807) is 6.26 Å². The molecule has 2 amide bonds. The summed E-state index contributed by atoms with van der Waals surface area (Å²) in [6, 6.07) is -0.305. The molecule has 0 radical (unpaired) electrons. The van der Waals surface area contributed by atoms with Gasteiger partial charge in [0, 0.05) is 11.0 Å². The smallest absolute Gasteiger partial charge is 0.320 e. The molecule has 0 aromatic carbocycles. The molecule has 11 heavy (non-hydrogen) atoms. The Hall–Kier alpha value is 0.0200. The lowest BCUT2D eigenvalue weighted by molar-refractivity contribution is 0.246. The van der Waals surface area contributed by atoms with Crippen molar-refractivity contribution in [2.45, 2.75) is 0 Å². The minimum Gasteiger partial charge on any atom is -0.337 e. The van der Waals surface area contributed by atoms with Crippen LogP contribution < -0.4 is 10.6 Å². The highest BCUT2D eigenvalue weighted by Gasteiger charge is 1.99. The minimum absolute atomic E-state index is 0.163. The van der Waals surface area contributed by atoms with Gasteiger partial charge in [0.05, 0.1) is 0 Å². The molecule has 64 valence electrons. The molecular formula is C5H10IN3OS. The van der Waals surface area contributed by atoms with Gasteiger partial charge >= 0.3 is 6.03 Å². The summed E-state index contributed by atoms with van der Waals surface area (Å²) in [6.45, 7) is 0.633. The number of urea groups is 1. The van der Waals surface area contributed by atoms with E-state index >= 15 is 0 Å². The maximum Gasteiger partial charge on any atom is 0.320 e. The lowest BCUT2D eigenvalue weighted by Crippen LogP contribution is -2.38. The summed E-state index contributed by atoms with van der Waals surface area (Å²) in [5.41, 5.74) is 0. The number of nitrogens with one attached hydrogen (secondary N) is 3. The zero-order chi connectivity index (χ0) is 8.69. The molecule has 0 aliphatic rings. The van der Waals surface area contributed by atoms with Crippen molar-refractivity contribution < 1.29 is 4.79 Å². The van der Waals surface area contributed by atoms with Crippen molar-refractivity contribution >= 4 is 45.6 Å². The van der Waals surface area contributed by atoms with Gasteiger partial charge in [-0.15, -0.1) is 0 Å². The highest BCUT2D eigenvalue weighted by molar-refractivity contribution is 14.1. The number of carbonyl (C=O) groups is 1. The van der Waals surface area contributed by atoms with Crippen molar-refractivity contribution in [2.24, 2.45) is 0 Å². The van der Waals surface area contributed by atoms with Crippen LogP contribution in [0.2, 0.25) is 0 Å². The molecule has 0 atom stereocenters. The molecule has 6 heteroatoms. The molecule has 0 aromatic rings. The average molecular weight is 287 g/mol. The van der Waals surface area contributed by atoms with Gasteiger partial charge in [0.25, 0.3) is 0 Å². The third-order valence-corrected chi connectivity index (χ3v) is 1.86. The maximum absolute atomic E-state index is 10.8. The van der Waals surface area contributed by atoms with Crippen molar-refractivity contribution in [2.75, 3.05) is 17.2 Å². The first-order valence-corrected chi connectivity index (χ1v) is 5.69. The second-order valence-electron chi connectivity index (χ2n) is 1.60. The Bertz CT molecular complexity index is 153. The van der Waals surface area contributed by atoms with Gasteiger partial charge in [-0.25, -0.2) is 4.79 Å². The van der Waals surface area contributed by atoms with E-state index in [-0.39, 0.29) is 11.2 Å². The number of carbonyl (C=O) groups excluding carboxylic acids is 1. The molecule has 0 saturated heterocycles. The van der Waals surface area contributed by atoms with Gasteiger partial charge in [-0.05, 0) is 6.26 Å². The summed E-state index contributed by atoms with van der Waals surface area (Å²) < 4.78 is 0.873. The number of hydrogen-bond acceptors (Lipinski definition) is 3. The number of halogens is 1. The lowest BCUT2D eigenvalue weighted by atomic mass is 10.7. The molecule has 0 heterocycles. The number of hydrogen-bond donors (Lipinski definition) is 3. The molecule has 0 aromatic heterocycles. The number of alkyl halides is 1. The van der Waals surface area contributed by atoms with Crippen LogP contribution in [0.25, 0.3) is 0 Å². The van der Waals surface area contributed by atoms with Gasteiger partial charge in [0.2, 0.25) is 0 Å². The fourth-order valence-corrected chi connectivity index (χ4v) is 0.824. The second kappa shape index (κ2) is 6.71. The Balaban J connectivity index is 3.44. The van der Waals surface area contributed by atoms with Crippen molar-refractivity contribution in [3.63, 3.8) is 0 Å². The molecule has 0 aliphatic carbocycles. The monoisotopic (exact) mass is 287 g/mol. The third-order valence-electron chi connectivity index (χ3n) is 0.811. The summed E-state index contributed by atoms with van der Waals surface area (Å²) in [5.74, 6) is 0. The topological polar surface area (TPSA) is 65.0 Å². The van der Waals surface area contributed by atoms with Gasteiger partial charge in [0.15, 0.2) is 5.17 Å². The van der Waals surface area contributed by atoms with E-state index in [9.17, 15) is 4.79 Å². The van der Waals surface area contributed by atoms with Crippen molar-refractivity contribution in [3.05, 3.63) is 0 Å². The van der Waals surface area contributed by atoms with Gasteiger partial charge < -0.3 is 5.32 Å². The Kier molecular flexibility index (Phi) is 6.73. The van der Waals surface area contributed by atoms with E-state index < -0.39 is 0 Å². The van der Waals surface area contributed by atoms with Crippen LogP contribution in [0.3, 0.4) is 0 Å². The highest BCUT2D eigenvalue weighted by atomic mass is 127. The maximum atomic E-state index is 10.8. The van der Waals surface area contributed by atoms with Crippen LogP contribution >= 0.6 is 34.4 Å². The van der Waals surface area contributed by atoms with Crippen LogP contribution in [0.5, 0.6) is 0 Å². The average Bonchev–Trinajstić information content (AvgIpc) is 2.00. The van der Waals surface area contributed by atoms with Crippen molar-refractivity contribution in [1.29, 1.82) is 5.41 Å². The molecule has 0 fully saturated rings. The van der Waals surface area contributed by atoms with E-state index in [4.69, 9.17) is 5.41 Å². The van der Waals surface area contributed by atoms with Crippen LogP contribution in [0.1, 0.15) is 0 Å². The van der Waals surface area contributed by atoms with E-state index in [2.05, 4.69) is 33.2 Å². The Morgan fingerprint density at radius 1 is 1.73 bits per heavy atom. The molecule has 0 spiro atoms. The first-order valence-electron chi connectivity index (χ1n) is 2.94. The van der Waals surface area contributed by atoms with Crippen LogP contribution in [-0.4, -0.2) is 28.4 Å². The summed E-state index contributed by atoms with van der Waals surface area (Å²) in [4.78, 5) is 10.8. The number of amidine groups is 1. The standard InChI is InChI=1S/C5H10IN3OS/c1-11-4(7)9-5(10)8-3-2-6/h2-3H2,1H3,(H3,7,8,9,10). The zero-order valence-corrected chi connectivity index (χ0v) is 9.08. The zero-order valence-electron chi connectivity index (χ0n) is 6.11. The van der Waals surface area contributed by atoms with Crippen molar-refractivity contribution in [3.8, 4) is 0 Å². The van der Waals surface area contributed by atoms with Crippen LogP contribution in [0.4, 0.5) is 4.79 Å². The van der Waals surface area contributed by atoms with E-state index in [0.717, 1.165) is 4.43 Å². The summed E-state index contributed by atoms with van der Waals surface area (Å²) in [5, 5.41) is 12.2.